The lowest BCUT2D eigenvalue weighted by atomic mass is 9.59. The van der Waals surface area contributed by atoms with Crippen LogP contribution in [0.25, 0.3) is 61.7 Å². The van der Waals surface area contributed by atoms with Crippen LogP contribution in [0.2, 0.25) is 0 Å². The summed E-state index contributed by atoms with van der Waals surface area (Å²) in [6.07, 6.45) is 11.2. The summed E-state index contributed by atoms with van der Waals surface area (Å²) in [6.45, 7) is 16.8. The fourth-order valence-corrected chi connectivity index (χ4v) is 11.7. The first-order valence-electron chi connectivity index (χ1n) is 21.1. The number of fused-ring (bicyclic) bond motifs is 6. The van der Waals surface area contributed by atoms with Crippen LogP contribution < -0.4 is 0 Å². The van der Waals surface area contributed by atoms with E-state index in [0.717, 1.165) is 5.92 Å². The molecule has 0 heterocycles. The van der Waals surface area contributed by atoms with E-state index in [4.69, 9.17) is 0 Å². The summed E-state index contributed by atoms with van der Waals surface area (Å²) >= 11 is 0. The third-order valence-electron chi connectivity index (χ3n) is 14.9. The molecule has 0 bridgehead atoms. The van der Waals surface area contributed by atoms with Crippen LogP contribution >= 0.6 is 0 Å². The van der Waals surface area contributed by atoms with Gasteiger partial charge in [0.2, 0.25) is 0 Å². The summed E-state index contributed by atoms with van der Waals surface area (Å²) in [6, 6.07) is 44.7. The summed E-state index contributed by atoms with van der Waals surface area (Å²) in [5.41, 5.74) is 25.6. The number of allylic oxidation sites excluding steroid dienone is 3. The molecule has 6 aromatic carbocycles. The molecule has 276 valence electrons. The van der Waals surface area contributed by atoms with Crippen LogP contribution in [-0.2, 0) is 17.3 Å². The summed E-state index contributed by atoms with van der Waals surface area (Å²) in [5, 5.41) is 0. The van der Waals surface area contributed by atoms with E-state index < -0.39 is 0 Å². The molecule has 0 aromatic heterocycles. The smallest absolute Gasteiger partial charge is 0.0159 e. The van der Waals surface area contributed by atoms with Crippen molar-refractivity contribution in [2.24, 2.45) is 17.3 Å². The van der Waals surface area contributed by atoms with Crippen molar-refractivity contribution in [1.29, 1.82) is 0 Å². The quantitative estimate of drug-likeness (QED) is 0.170. The second-order valence-corrected chi connectivity index (χ2v) is 19.7. The van der Waals surface area contributed by atoms with Gasteiger partial charge in [-0.3, -0.25) is 0 Å². The molecule has 6 aromatic rings. The highest BCUT2D eigenvalue weighted by molar-refractivity contribution is 5.88. The molecule has 3 atom stereocenters. The first kappa shape index (κ1) is 34.1. The van der Waals surface area contributed by atoms with Crippen LogP contribution in [0.4, 0.5) is 0 Å². The molecule has 0 radical (unpaired) electrons. The molecule has 0 N–H and O–H groups in total. The number of hydrogen-bond acceptors (Lipinski definition) is 0. The molecule has 0 heteroatoms. The molecule has 0 fully saturated rings. The van der Waals surface area contributed by atoms with Crippen molar-refractivity contribution < 1.29 is 0 Å². The van der Waals surface area contributed by atoms with Gasteiger partial charge in [-0.05, 0) is 155 Å². The molecule has 0 saturated heterocycles. The second kappa shape index (κ2) is 11.7. The molecular formula is C56H52. The summed E-state index contributed by atoms with van der Waals surface area (Å²) in [5.74, 6) is 1.96. The van der Waals surface area contributed by atoms with Gasteiger partial charge in [0.25, 0.3) is 0 Å². The van der Waals surface area contributed by atoms with Crippen molar-refractivity contribution in [3.8, 4) is 55.6 Å². The minimum absolute atomic E-state index is 0.00592. The van der Waals surface area contributed by atoms with Gasteiger partial charge >= 0.3 is 0 Å². The van der Waals surface area contributed by atoms with Crippen LogP contribution in [0, 0.1) is 17.3 Å². The van der Waals surface area contributed by atoms with Gasteiger partial charge in [0.05, 0.1) is 0 Å². The summed E-state index contributed by atoms with van der Waals surface area (Å²) < 4.78 is 0. The predicted octanol–water partition coefficient (Wildman–Crippen LogP) is 15.0. The Morgan fingerprint density at radius 3 is 1.66 bits per heavy atom. The first-order chi connectivity index (χ1) is 26.9. The summed E-state index contributed by atoms with van der Waals surface area (Å²) in [4.78, 5) is 0. The molecule has 0 aliphatic heterocycles. The van der Waals surface area contributed by atoms with Gasteiger partial charge < -0.3 is 0 Å². The maximum absolute atomic E-state index is 2.63. The number of hydrogen-bond donors (Lipinski definition) is 0. The van der Waals surface area contributed by atoms with E-state index in [1.165, 1.54) is 103 Å². The fraction of sp³-hybridized carbons (Fsp3) is 0.286. The summed E-state index contributed by atoms with van der Waals surface area (Å²) in [7, 11) is 0. The van der Waals surface area contributed by atoms with Gasteiger partial charge in [-0.1, -0.05) is 164 Å². The van der Waals surface area contributed by atoms with Crippen molar-refractivity contribution in [3.63, 3.8) is 0 Å². The van der Waals surface area contributed by atoms with E-state index in [1.54, 1.807) is 16.7 Å². The third kappa shape index (κ3) is 4.84. The predicted molar refractivity (Wildman–Crippen MR) is 237 cm³/mol. The van der Waals surface area contributed by atoms with Gasteiger partial charge in [-0.2, -0.15) is 0 Å². The SMILES string of the molecule is CC1(C)c2ccccc2-c2ccc(-c3ccc4c(c3)C(C)(C)c3cc(-c5ccc(-c6ccc7c8c6CCC6CC(C(C)(C)C)C=C(C=C7)C86)cc5)ccc3-4)cc21. The molecule has 3 unspecified atom stereocenters. The minimum atomic E-state index is -0.0969. The van der Waals surface area contributed by atoms with E-state index in [0.29, 0.717) is 17.3 Å². The Balaban J connectivity index is 0.896. The van der Waals surface area contributed by atoms with Crippen LogP contribution in [0.3, 0.4) is 0 Å². The average molecular weight is 725 g/mol. The Morgan fingerprint density at radius 2 is 1.04 bits per heavy atom. The first-order valence-corrected chi connectivity index (χ1v) is 21.1. The van der Waals surface area contributed by atoms with Gasteiger partial charge in [0.15, 0.2) is 0 Å². The zero-order chi connectivity index (χ0) is 38.3. The molecule has 0 amide bonds. The van der Waals surface area contributed by atoms with Crippen LogP contribution in [-0.4, -0.2) is 0 Å². The van der Waals surface area contributed by atoms with E-state index in [1.807, 2.05) is 0 Å². The van der Waals surface area contributed by atoms with Crippen LogP contribution in [0.15, 0.2) is 133 Å². The zero-order valence-electron chi connectivity index (χ0n) is 34.1. The van der Waals surface area contributed by atoms with Gasteiger partial charge in [0, 0.05) is 16.7 Å². The van der Waals surface area contributed by atoms with Crippen molar-refractivity contribution in [2.45, 2.75) is 84.5 Å². The van der Waals surface area contributed by atoms with E-state index >= 15 is 0 Å². The highest BCUT2D eigenvalue weighted by Crippen LogP contribution is 2.56. The van der Waals surface area contributed by atoms with Crippen molar-refractivity contribution in [1.82, 2.24) is 0 Å². The normalized spacial score (nSPS) is 21.4. The van der Waals surface area contributed by atoms with Gasteiger partial charge in [-0.15, -0.1) is 0 Å². The Hall–Kier alpha value is -5.20. The zero-order valence-corrected chi connectivity index (χ0v) is 34.1. The molecule has 0 nitrogen and oxygen atoms in total. The van der Waals surface area contributed by atoms with Crippen molar-refractivity contribution in [3.05, 3.63) is 172 Å². The molecule has 56 heavy (non-hydrogen) atoms. The van der Waals surface area contributed by atoms with E-state index in [2.05, 4.69) is 182 Å². The highest BCUT2D eigenvalue weighted by Gasteiger charge is 2.42. The number of benzene rings is 6. The Labute approximate surface area is 334 Å². The fourth-order valence-electron chi connectivity index (χ4n) is 11.7. The lowest BCUT2D eigenvalue weighted by Gasteiger charge is -2.45. The maximum atomic E-state index is 2.63. The largest absolute Gasteiger partial charge is 0.0770 e. The topological polar surface area (TPSA) is 0 Å². The maximum Gasteiger partial charge on any atom is 0.0159 e. The van der Waals surface area contributed by atoms with Gasteiger partial charge in [-0.25, -0.2) is 0 Å². The highest BCUT2D eigenvalue weighted by atomic mass is 14.5. The lowest BCUT2D eigenvalue weighted by molar-refractivity contribution is 0.206. The molecule has 0 spiro atoms. The molecular weight excluding hydrogens is 673 g/mol. The molecule has 5 aliphatic carbocycles. The van der Waals surface area contributed by atoms with E-state index in [-0.39, 0.29) is 10.8 Å². The molecule has 5 aliphatic rings. The molecule has 0 saturated carbocycles. The average Bonchev–Trinajstić information content (AvgIpc) is 3.58. The van der Waals surface area contributed by atoms with Crippen molar-refractivity contribution >= 4 is 6.08 Å². The van der Waals surface area contributed by atoms with E-state index in [9.17, 15) is 0 Å². The monoisotopic (exact) mass is 724 g/mol. The molecule has 11 rings (SSSR count). The third-order valence-corrected chi connectivity index (χ3v) is 14.9. The Bertz CT molecular complexity index is 2700. The van der Waals surface area contributed by atoms with Gasteiger partial charge in [0.1, 0.15) is 0 Å². The van der Waals surface area contributed by atoms with Crippen molar-refractivity contribution in [2.75, 3.05) is 0 Å². The lowest BCUT2D eigenvalue weighted by Crippen LogP contribution is -2.33. The van der Waals surface area contributed by atoms with Crippen LogP contribution in [0.5, 0.6) is 0 Å². The Morgan fingerprint density at radius 1 is 0.518 bits per heavy atom. The second-order valence-electron chi connectivity index (χ2n) is 19.7. The Kier molecular flexibility index (Phi) is 7.10. The standard InChI is InChI=1S/C56H52/c1-54(2,3)41-28-39-17-16-35-18-23-42(47-27-22-40(29-41)52(39)53(35)47)34-14-12-33(13-15-34)36-19-24-45-46-26-21-38(32-51(46)56(6,7)50(45)30-36)37-20-25-44-43-10-8-9-11-48(43)55(4,5)49(44)31-37/h8-21,23-26,28,30-32,40-41,52H,22,27,29H2,1-7H3. The minimum Gasteiger partial charge on any atom is -0.0770 e. The number of rotatable bonds is 3. The van der Waals surface area contributed by atoms with Crippen LogP contribution in [0.1, 0.15) is 106 Å².